The molecule has 0 bridgehead atoms. The smallest absolute Gasteiger partial charge is 0.243 e. The quantitative estimate of drug-likeness (QED) is 0.450. The van der Waals surface area contributed by atoms with Crippen molar-refractivity contribution in [1.82, 2.24) is 5.32 Å². The maximum atomic E-state index is 11.1. The van der Waals surface area contributed by atoms with Crippen molar-refractivity contribution in [3.05, 3.63) is 12.7 Å². The summed E-state index contributed by atoms with van der Waals surface area (Å²) in [5.74, 6) is -0.0711. The van der Waals surface area contributed by atoms with Gasteiger partial charge >= 0.3 is 0 Å². The van der Waals surface area contributed by atoms with E-state index in [0.29, 0.717) is 0 Å². The lowest BCUT2D eigenvalue weighted by Gasteiger charge is -2.26. The normalized spacial score (nSPS) is 12.5. The van der Waals surface area contributed by atoms with Crippen LogP contribution >= 0.6 is 0 Å². The molecule has 0 aliphatic heterocycles. The maximum absolute atomic E-state index is 11.1. The molecular weight excluding hydrogens is 256 g/mol. The summed E-state index contributed by atoms with van der Waals surface area (Å²) in [5.41, 5.74) is 0. The van der Waals surface area contributed by atoms with Crippen molar-refractivity contribution in [3.8, 4) is 0 Å². The van der Waals surface area contributed by atoms with Gasteiger partial charge in [0.1, 0.15) is 0 Å². The van der Waals surface area contributed by atoms with Gasteiger partial charge in [0.2, 0.25) is 5.91 Å². The second kappa shape index (κ2) is 7.88. The molecule has 1 atom stereocenters. The van der Waals surface area contributed by atoms with Crippen LogP contribution in [0.15, 0.2) is 12.7 Å². The van der Waals surface area contributed by atoms with E-state index in [1.807, 2.05) is 0 Å². The average molecular weight is 279 g/mol. The van der Waals surface area contributed by atoms with E-state index in [-0.39, 0.29) is 28.9 Å². The number of carbonyl (C=O) groups excluding carboxylic acids is 1. The minimum atomic E-state index is -0.0711. The zero-order chi connectivity index (χ0) is 11.2. The summed E-state index contributed by atoms with van der Waals surface area (Å²) in [6, 6.07) is 0.276. The van der Waals surface area contributed by atoms with Gasteiger partial charge in [0.25, 0.3) is 0 Å². The Hall–Kier alpha value is -0.350. The number of nitrogens with one attached hydrogen (secondary N) is 1. The molecule has 1 N–H and O–H groups in total. The third-order valence-corrected chi connectivity index (χ3v) is 2.17. The van der Waals surface area contributed by atoms with Crippen LogP contribution in [0.2, 0.25) is 0 Å². The van der Waals surface area contributed by atoms with Gasteiger partial charge in [0, 0.05) is 12.5 Å². The fraction of sp³-hybridized carbons (Fsp3) is 0.727. The first-order valence-corrected chi connectivity index (χ1v) is 5.12. The molecule has 0 rings (SSSR count). The fourth-order valence-corrected chi connectivity index (χ4v) is 1.18. The minimum Gasteiger partial charge on any atom is -1.00 e. The second-order valence-electron chi connectivity index (χ2n) is 4.62. The van der Waals surface area contributed by atoms with Gasteiger partial charge in [-0.1, -0.05) is 13.5 Å². The Kier molecular flexibility index (Phi) is 8.96. The topological polar surface area (TPSA) is 29.1 Å². The summed E-state index contributed by atoms with van der Waals surface area (Å²) in [7, 11) is 6.46. The first-order chi connectivity index (χ1) is 6.39. The Morgan fingerprint density at radius 3 is 2.33 bits per heavy atom. The Morgan fingerprint density at radius 2 is 2.00 bits per heavy atom. The number of amides is 1. The molecule has 0 aromatic heterocycles. The lowest BCUT2D eigenvalue weighted by molar-refractivity contribution is -0.870. The molecule has 0 heterocycles. The highest BCUT2D eigenvalue weighted by Crippen LogP contribution is 2.02. The molecular formula is C11H23BrN2O. The van der Waals surface area contributed by atoms with Crippen LogP contribution in [0, 0.1) is 0 Å². The number of carbonyl (C=O) groups is 1. The Labute approximate surface area is 104 Å². The number of nitrogens with zero attached hydrogens (tertiary/aromatic N) is 1. The molecule has 0 aliphatic carbocycles. The van der Waals surface area contributed by atoms with Crippen molar-refractivity contribution in [2.45, 2.75) is 25.8 Å². The number of hydrogen-bond donors (Lipinski definition) is 1. The van der Waals surface area contributed by atoms with Gasteiger partial charge in [-0.05, 0) is 12.5 Å². The average Bonchev–Trinajstić information content (AvgIpc) is 2.10. The molecule has 0 saturated carbocycles. The molecule has 0 aliphatic rings. The molecule has 0 fully saturated rings. The standard InChI is InChI=1S/C11H22N2O.BrH/c1-6-10(12-11(14)7-2)8-9-13(3,4)5;/h7,10H,2,6,8-9H2,1,3-5H3;1H. The highest BCUT2D eigenvalue weighted by molar-refractivity contribution is 5.87. The van der Waals surface area contributed by atoms with Crippen molar-refractivity contribution >= 4 is 5.91 Å². The van der Waals surface area contributed by atoms with E-state index in [1.54, 1.807) is 0 Å². The van der Waals surface area contributed by atoms with E-state index >= 15 is 0 Å². The minimum absolute atomic E-state index is 0. The van der Waals surface area contributed by atoms with Gasteiger partial charge in [-0.3, -0.25) is 4.79 Å². The molecule has 1 amide bonds. The van der Waals surface area contributed by atoms with Crippen molar-refractivity contribution in [1.29, 1.82) is 0 Å². The second-order valence-corrected chi connectivity index (χ2v) is 4.62. The Bertz CT molecular complexity index is 199. The van der Waals surface area contributed by atoms with Gasteiger partial charge in [0.15, 0.2) is 0 Å². The first-order valence-electron chi connectivity index (χ1n) is 5.12. The van der Waals surface area contributed by atoms with E-state index in [2.05, 4.69) is 40.0 Å². The highest BCUT2D eigenvalue weighted by Gasteiger charge is 2.13. The van der Waals surface area contributed by atoms with Crippen molar-refractivity contribution < 1.29 is 26.3 Å². The predicted octanol–water partition coefficient (Wildman–Crippen LogP) is -1.83. The largest absolute Gasteiger partial charge is 1.00 e. The summed E-state index contributed by atoms with van der Waals surface area (Å²) < 4.78 is 0.931. The van der Waals surface area contributed by atoms with Crippen LogP contribution in [0.3, 0.4) is 0 Å². The van der Waals surface area contributed by atoms with Gasteiger partial charge in [0.05, 0.1) is 27.7 Å². The molecule has 0 aromatic rings. The number of rotatable bonds is 6. The molecule has 15 heavy (non-hydrogen) atoms. The molecule has 3 nitrogen and oxygen atoms in total. The SMILES string of the molecule is C=CC(=O)NC(CC)CC[N+](C)(C)C.[Br-]. The molecule has 0 radical (unpaired) electrons. The molecule has 0 spiro atoms. The summed E-state index contributed by atoms with van der Waals surface area (Å²) in [6.07, 6.45) is 3.31. The van der Waals surface area contributed by atoms with Crippen LogP contribution in [0.5, 0.6) is 0 Å². The molecule has 0 saturated heterocycles. The monoisotopic (exact) mass is 278 g/mol. The molecule has 1 unspecified atom stereocenters. The van der Waals surface area contributed by atoms with Gasteiger partial charge in [-0.2, -0.15) is 0 Å². The van der Waals surface area contributed by atoms with Gasteiger partial charge in [-0.25, -0.2) is 0 Å². The van der Waals surface area contributed by atoms with Gasteiger partial charge in [-0.15, -0.1) is 0 Å². The lowest BCUT2D eigenvalue weighted by Crippen LogP contribution is -3.00. The van der Waals surface area contributed by atoms with E-state index in [1.165, 1.54) is 6.08 Å². The Morgan fingerprint density at radius 1 is 1.47 bits per heavy atom. The van der Waals surface area contributed by atoms with E-state index in [4.69, 9.17) is 0 Å². The van der Waals surface area contributed by atoms with Crippen LogP contribution in [-0.2, 0) is 4.79 Å². The summed E-state index contributed by atoms with van der Waals surface area (Å²) in [5, 5.41) is 2.92. The predicted molar refractivity (Wildman–Crippen MR) is 59.9 cm³/mol. The first kappa shape index (κ1) is 17.1. The number of quaternary nitrogens is 1. The third kappa shape index (κ3) is 9.94. The molecule has 4 heteroatoms. The van der Waals surface area contributed by atoms with Crippen LogP contribution in [0.4, 0.5) is 0 Å². The number of halogens is 1. The van der Waals surface area contributed by atoms with Crippen molar-refractivity contribution in [3.63, 3.8) is 0 Å². The van der Waals surface area contributed by atoms with Crippen molar-refractivity contribution in [2.75, 3.05) is 27.7 Å². The summed E-state index contributed by atoms with van der Waals surface area (Å²) in [6.45, 7) is 6.59. The summed E-state index contributed by atoms with van der Waals surface area (Å²) in [4.78, 5) is 11.1. The van der Waals surface area contributed by atoms with E-state index in [0.717, 1.165) is 23.9 Å². The number of hydrogen-bond acceptors (Lipinski definition) is 1. The van der Waals surface area contributed by atoms with Crippen LogP contribution < -0.4 is 22.3 Å². The fourth-order valence-electron chi connectivity index (χ4n) is 1.18. The van der Waals surface area contributed by atoms with Gasteiger partial charge < -0.3 is 26.8 Å². The Balaban J connectivity index is 0. The van der Waals surface area contributed by atoms with E-state index in [9.17, 15) is 4.79 Å². The third-order valence-electron chi connectivity index (χ3n) is 2.17. The summed E-state index contributed by atoms with van der Waals surface area (Å²) >= 11 is 0. The highest BCUT2D eigenvalue weighted by atomic mass is 79.9. The van der Waals surface area contributed by atoms with Crippen LogP contribution in [0.25, 0.3) is 0 Å². The van der Waals surface area contributed by atoms with Crippen LogP contribution in [-0.4, -0.2) is 44.1 Å². The van der Waals surface area contributed by atoms with Crippen molar-refractivity contribution in [2.24, 2.45) is 0 Å². The maximum Gasteiger partial charge on any atom is 0.243 e. The van der Waals surface area contributed by atoms with Crippen LogP contribution in [0.1, 0.15) is 19.8 Å². The molecule has 90 valence electrons. The molecule has 0 aromatic carbocycles. The zero-order valence-corrected chi connectivity index (χ0v) is 11.8. The lowest BCUT2D eigenvalue weighted by atomic mass is 10.1. The van der Waals surface area contributed by atoms with E-state index < -0.39 is 0 Å². The zero-order valence-electron chi connectivity index (χ0n) is 10.2.